The monoisotopic (exact) mass is 565 g/mol. The van der Waals surface area contributed by atoms with Crippen LogP contribution in [0.4, 0.5) is 0 Å². The Morgan fingerprint density at radius 2 is 1.77 bits per heavy atom. The average Bonchev–Trinajstić information content (AvgIpc) is 2.89. The predicted molar refractivity (Wildman–Crippen MR) is 161 cm³/mol. The lowest BCUT2D eigenvalue weighted by Crippen LogP contribution is -2.50. The zero-order valence-electron chi connectivity index (χ0n) is 24.4. The molecule has 0 spiro atoms. The number of pyridine rings is 1. The molecule has 2 atom stereocenters. The highest BCUT2D eigenvalue weighted by atomic mass is 35.5. The summed E-state index contributed by atoms with van der Waals surface area (Å²) in [5.41, 5.74) is 4.00. The first-order chi connectivity index (χ1) is 18.8. The van der Waals surface area contributed by atoms with Gasteiger partial charge in [-0.1, -0.05) is 62.7 Å². The Labute approximate surface area is 242 Å². The molecule has 0 bridgehead atoms. The summed E-state index contributed by atoms with van der Waals surface area (Å²) in [6.07, 6.45) is 0.847. The first-order valence-electron chi connectivity index (χ1n) is 13.5. The molecule has 1 heterocycles. The molecule has 3 rings (SSSR count). The maximum absolute atomic E-state index is 13.5. The summed E-state index contributed by atoms with van der Waals surface area (Å²) in [4.78, 5) is 32.2. The number of aromatic nitrogens is 1. The molecule has 7 nitrogen and oxygen atoms in total. The van der Waals surface area contributed by atoms with Crippen molar-refractivity contribution in [3.63, 3.8) is 0 Å². The second-order valence-electron chi connectivity index (χ2n) is 11.5. The number of aryl methyl sites for hydroxylation is 1. The first kappa shape index (κ1) is 31.1. The van der Waals surface area contributed by atoms with E-state index >= 15 is 0 Å². The largest absolute Gasteiger partial charge is 0.492 e. The number of aliphatic carboxylic acids is 1. The fraction of sp³-hybridized carbons (Fsp3) is 0.406. The van der Waals surface area contributed by atoms with Crippen LogP contribution in [-0.4, -0.2) is 60.2 Å². The van der Waals surface area contributed by atoms with E-state index in [4.69, 9.17) is 21.3 Å². The van der Waals surface area contributed by atoms with E-state index in [0.717, 1.165) is 35.2 Å². The Balaban J connectivity index is 2.06. The van der Waals surface area contributed by atoms with Crippen molar-refractivity contribution in [3.05, 3.63) is 70.9 Å². The minimum absolute atomic E-state index is 0.197. The predicted octanol–water partition coefficient (Wildman–Crippen LogP) is 6.57. The van der Waals surface area contributed by atoms with Gasteiger partial charge in [0.15, 0.2) is 0 Å². The topological polar surface area (TPSA) is 91.8 Å². The number of amides is 1. The Bertz CT molecular complexity index is 1350. The van der Waals surface area contributed by atoms with Crippen LogP contribution >= 0.6 is 11.6 Å². The second-order valence-corrected chi connectivity index (χ2v) is 11.9. The van der Waals surface area contributed by atoms with Crippen LogP contribution in [0.25, 0.3) is 22.4 Å². The molecule has 0 saturated heterocycles. The minimum Gasteiger partial charge on any atom is -0.492 e. The summed E-state index contributed by atoms with van der Waals surface area (Å²) >= 11 is 6.48. The second kappa shape index (κ2) is 13.3. The Morgan fingerprint density at radius 1 is 1.07 bits per heavy atom. The number of halogens is 1. The van der Waals surface area contributed by atoms with E-state index in [0.29, 0.717) is 23.1 Å². The van der Waals surface area contributed by atoms with Gasteiger partial charge in [0.05, 0.1) is 23.2 Å². The molecular formula is C32H40ClN3O4. The van der Waals surface area contributed by atoms with Crippen molar-refractivity contribution in [1.29, 1.82) is 0 Å². The van der Waals surface area contributed by atoms with E-state index < -0.39 is 29.3 Å². The lowest BCUT2D eigenvalue weighted by Gasteiger charge is -2.34. The van der Waals surface area contributed by atoms with Crippen LogP contribution in [0.2, 0.25) is 5.02 Å². The molecule has 1 unspecified atom stereocenters. The van der Waals surface area contributed by atoms with E-state index in [1.54, 1.807) is 19.1 Å². The van der Waals surface area contributed by atoms with Crippen LogP contribution in [0.3, 0.4) is 0 Å². The highest BCUT2D eigenvalue weighted by molar-refractivity contribution is 6.32. The molecule has 0 fully saturated rings. The molecule has 0 radical (unpaired) electrons. The highest BCUT2D eigenvalue weighted by Gasteiger charge is 2.35. The standard InChI is InChI=1S/C32H40ClN3O4/c1-20-11-8-9-12-23(20)24-14-16-26(30(37)35-29(32(3,4)5)21(2)31(38)39)34-28(24)22-13-15-25(33)27(19-22)40-18-10-17-36(6)7/h8-9,11-16,19,21,29H,10,17-18H2,1-7H3,(H,35,37)(H,38,39)/t21?,29-/m0/s1. The van der Waals surface area contributed by atoms with Crippen molar-refractivity contribution in [2.45, 2.75) is 47.1 Å². The third kappa shape index (κ3) is 7.83. The number of hydrogen-bond donors (Lipinski definition) is 2. The first-order valence-corrected chi connectivity index (χ1v) is 13.9. The van der Waals surface area contributed by atoms with Crippen LogP contribution in [0.15, 0.2) is 54.6 Å². The summed E-state index contributed by atoms with van der Waals surface area (Å²) < 4.78 is 6.01. The van der Waals surface area contributed by atoms with Crippen LogP contribution in [0.1, 0.15) is 50.2 Å². The number of carboxylic acid groups (broad SMARTS) is 1. The minimum atomic E-state index is -0.969. The van der Waals surface area contributed by atoms with Crippen molar-refractivity contribution < 1.29 is 19.4 Å². The molecule has 3 aromatic rings. The van der Waals surface area contributed by atoms with Gasteiger partial charge in [-0.15, -0.1) is 0 Å². The normalized spacial score (nSPS) is 13.1. The molecule has 0 saturated carbocycles. The number of nitrogens with one attached hydrogen (secondary N) is 1. The van der Waals surface area contributed by atoms with Crippen LogP contribution in [0, 0.1) is 18.3 Å². The molecule has 2 N–H and O–H groups in total. The van der Waals surface area contributed by atoms with Crippen molar-refractivity contribution >= 4 is 23.5 Å². The Kier molecular flexibility index (Phi) is 10.3. The van der Waals surface area contributed by atoms with Crippen molar-refractivity contribution in [3.8, 4) is 28.1 Å². The lowest BCUT2D eigenvalue weighted by atomic mass is 9.79. The molecule has 40 heavy (non-hydrogen) atoms. The van der Waals surface area contributed by atoms with Gasteiger partial charge in [-0.25, -0.2) is 4.98 Å². The fourth-order valence-corrected chi connectivity index (χ4v) is 4.84. The molecule has 214 valence electrons. The molecule has 8 heteroatoms. The summed E-state index contributed by atoms with van der Waals surface area (Å²) in [6, 6.07) is 16.5. The number of hydrogen-bond acceptors (Lipinski definition) is 5. The average molecular weight is 566 g/mol. The van der Waals surface area contributed by atoms with Gasteiger partial charge in [0, 0.05) is 23.7 Å². The molecule has 1 aromatic heterocycles. The number of benzene rings is 2. The third-order valence-corrected chi connectivity index (χ3v) is 7.20. The van der Waals surface area contributed by atoms with E-state index in [9.17, 15) is 14.7 Å². The van der Waals surface area contributed by atoms with Crippen LogP contribution < -0.4 is 10.1 Å². The Hall–Kier alpha value is -3.42. The maximum atomic E-state index is 13.5. The number of nitrogens with zero attached hydrogens (tertiary/aromatic N) is 2. The van der Waals surface area contributed by atoms with Gasteiger partial charge in [-0.3, -0.25) is 9.59 Å². The third-order valence-electron chi connectivity index (χ3n) is 6.88. The van der Waals surface area contributed by atoms with Gasteiger partial charge in [0.25, 0.3) is 5.91 Å². The van der Waals surface area contributed by atoms with Gasteiger partial charge >= 0.3 is 5.97 Å². The van der Waals surface area contributed by atoms with E-state index in [1.165, 1.54) is 0 Å². The highest BCUT2D eigenvalue weighted by Crippen LogP contribution is 2.36. The van der Waals surface area contributed by atoms with Gasteiger partial charge in [-0.05, 0) is 75.2 Å². The maximum Gasteiger partial charge on any atom is 0.308 e. The van der Waals surface area contributed by atoms with Crippen molar-refractivity contribution in [2.24, 2.45) is 11.3 Å². The number of carboxylic acids is 1. The van der Waals surface area contributed by atoms with Gasteiger partial charge in [0.2, 0.25) is 0 Å². The molecule has 2 aromatic carbocycles. The zero-order chi connectivity index (χ0) is 29.6. The van der Waals surface area contributed by atoms with Gasteiger partial charge < -0.3 is 20.1 Å². The molecule has 0 aliphatic heterocycles. The summed E-state index contributed by atoms with van der Waals surface area (Å²) in [5.74, 6) is -1.63. The summed E-state index contributed by atoms with van der Waals surface area (Å²) in [6.45, 7) is 10.8. The fourth-order valence-electron chi connectivity index (χ4n) is 4.67. The van der Waals surface area contributed by atoms with E-state index in [-0.39, 0.29) is 5.69 Å². The zero-order valence-corrected chi connectivity index (χ0v) is 25.2. The molecule has 0 aliphatic rings. The molecular weight excluding hydrogens is 526 g/mol. The molecule has 0 aliphatic carbocycles. The van der Waals surface area contributed by atoms with E-state index in [1.807, 2.05) is 84.3 Å². The summed E-state index contributed by atoms with van der Waals surface area (Å²) in [7, 11) is 4.03. The van der Waals surface area contributed by atoms with Gasteiger partial charge in [0.1, 0.15) is 11.4 Å². The summed E-state index contributed by atoms with van der Waals surface area (Å²) in [5, 5.41) is 13.1. The smallest absolute Gasteiger partial charge is 0.308 e. The van der Waals surface area contributed by atoms with Crippen molar-refractivity contribution in [2.75, 3.05) is 27.2 Å². The number of rotatable bonds is 11. The van der Waals surface area contributed by atoms with Crippen LogP contribution in [0.5, 0.6) is 5.75 Å². The SMILES string of the molecule is Cc1ccccc1-c1ccc(C(=O)N[C@@H](C(C)C(=O)O)C(C)(C)C)nc1-c1ccc(Cl)c(OCCCN(C)C)c1. The van der Waals surface area contributed by atoms with E-state index in [2.05, 4.69) is 10.2 Å². The lowest BCUT2D eigenvalue weighted by molar-refractivity contribution is -0.143. The Morgan fingerprint density at radius 3 is 2.40 bits per heavy atom. The van der Waals surface area contributed by atoms with Crippen molar-refractivity contribution in [1.82, 2.24) is 15.2 Å². The quantitative estimate of drug-likeness (QED) is 0.255. The van der Waals surface area contributed by atoms with Crippen LogP contribution in [-0.2, 0) is 4.79 Å². The number of carbonyl (C=O) groups is 2. The molecule has 1 amide bonds. The van der Waals surface area contributed by atoms with Gasteiger partial charge in [-0.2, -0.15) is 0 Å². The number of carbonyl (C=O) groups excluding carboxylic acids is 1. The number of ether oxygens (including phenoxy) is 1.